The van der Waals surface area contributed by atoms with Gasteiger partial charge in [-0.2, -0.15) is 0 Å². The van der Waals surface area contributed by atoms with E-state index in [9.17, 15) is 4.79 Å². The highest BCUT2D eigenvalue weighted by molar-refractivity contribution is 9.10. The highest BCUT2D eigenvalue weighted by Gasteiger charge is 2.39. The second-order valence-electron chi connectivity index (χ2n) is 9.55. The van der Waals surface area contributed by atoms with Gasteiger partial charge < -0.3 is 17.7 Å². The summed E-state index contributed by atoms with van der Waals surface area (Å²) in [6, 6.07) is 2.24. The molecule has 0 aliphatic rings. The minimum atomic E-state index is -2.12. The zero-order valence-electron chi connectivity index (χ0n) is 19.6. The van der Waals surface area contributed by atoms with Crippen molar-refractivity contribution in [2.24, 2.45) is 0 Å². The van der Waals surface area contributed by atoms with Crippen molar-refractivity contribution in [1.82, 2.24) is 0 Å². The maximum atomic E-state index is 11.6. The van der Waals surface area contributed by atoms with Crippen LogP contribution in [0.5, 0.6) is 0 Å². The van der Waals surface area contributed by atoms with Crippen molar-refractivity contribution in [3.63, 3.8) is 0 Å². The zero-order valence-corrected chi connectivity index (χ0v) is 24.2. The summed E-state index contributed by atoms with van der Waals surface area (Å²) in [6.45, 7) is 20.7. The van der Waals surface area contributed by atoms with E-state index in [0.717, 1.165) is 12.5 Å². The molecule has 0 fully saturated rings. The van der Waals surface area contributed by atoms with Crippen molar-refractivity contribution in [3.8, 4) is 0 Å². The lowest BCUT2D eigenvalue weighted by Gasteiger charge is -2.38. The molecule has 9 heteroatoms. The highest BCUT2D eigenvalue weighted by Crippen LogP contribution is 2.26. The maximum absolute atomic E-state index is 11.6. The van der Waals surface area contributed by atoms with Crippen LogP contribution in [0.1, 0.15) is 40.0 Å². The summed E-state index contributed by atoms with van der Waals surface area (Å²) in [5.74, 6) is -0.268. The molecule has 168 valence electrons. The minimum Gasteiger partial charge on any atom is -0.462 e. The third kappa shape index (κ3) is 14.5. The number of alkyl halides is 1. The van der Waals surface area contributed by atoms with Crippen molar-refractivity contribution in [2.75, 3.05) is 19.8 Å². The lowest BCUT2D eigenvalue weighted by Crippen LogP contribution is -2.52. The van der Waals surface area contributed by atoms with Crippen LogP contribution in [-0.2, 0) is 22.5 Å². The van der Waals surface area contributed by atoms with Crippen LogP contribution in [0.15, 0.2) is 0 Å². The molecular weight excluding hydrogens is 472 g/mol. The van der Waals surface area contributed by atoms with Crippen LogP contribution in [0.25, 0.3) is 0 Å². The Hall–Kier alpha value is 0.481. The summed E-state index contributed by atoms with van der Waals surface area (Å²) < 4.78 is 23.3. The number of hydrogen-bond donors (Lipinski definition) is 0. The smallest absolute Gasteiger partial charge is 0.322 e. The molecule has 0 N–H and O–H groups in total. The summed E-state index contributed by atoms with van der Waals surface area (Å²) in [6.07, 6.45) is 3.42. The van der Waals surface area contributed by atoms with Gasteiger partial charge in [0.2, 0.25) is 0 Å². The molecule has 0 aliphatic heterocycles. The summed E-state index contributed by atoms with van der Waals surface area (Å²) >= 11 is 3.28. The van der Waals surface area contributed by atoms with Gasteiger partial charge in [0.15, 0.2) is 16.6 Å². The predicted molar refractivity (Wildman–Crippen MR) is 129 cm³/mol. The van der Waals surface area contributed by atoms with Gasteiger partial charge in [-0.3, -0.25) is 4.79 Å². The molecule has 0 amide bonds. The van der Waals surface area contributed by atoms with E-state index in [1.165, 1.54) is 18.9 Å². The molecular formula is C19H43BrO5Si3. The Morgan fingerprint density at radius 1 is 0.857 bits per heavy atom. The van der Waals surface area contributed by atoms with E-state index in [-0.39, 0.29) is 12.6 Å². The largest absolute Gasteiger partial charge is 0.462 e. The fourth-order valence-corrected chi connectivity index (χ4v) is 17.4. The highest BCUT2D eigenvalue weighted by atomic mass is 79.9. The standard InChI is InChI=1S/C19H43BrO5Si3/c1-10-11-16-26(4,5)24-28(8,9)25-27(6,7)17-12-13-22-14-15-23-18(21)19(2,3)20/h10-17H2,1-9H3. The van der Waals surface area contributed by atoms with E-state index in [4.69, 9.17) is 17.7 Å². The van der Waals surface area contributed by atoms with Crippen LogP contribution < -0.4 is 0 Å². The van der Waals surface area contributed by atoms with Gasteiger partial charge >= 0.3 is 14.5 Å². The van der Waals surface area contributed by atoms with Gasteiger partial charge in [0.1, 0.15) is 10.9 Å². The molecule has 28 heavy (non-hydrogen) atoms. The molecule has 0 saturated carbocycles. The average Bonchev–Trinajstić information content (AvgIpc) is 2.48. The SMILES string of the molecule is CCCC[Si](C)(C)O[Si](C)(C)O[Si](C)(C)CCCOCCOC(=O)C(C)(C)Br. The first kappa shape index (κ1) is 28.5. The van der Waals surface area contributed by atoms with E-state index in [0.29, 0.717) is 13.2 Å². The van der Waals surface area contributed by atoms with E-state index >= 15 is 0 Å². The van der Waals surface area contributed by atoms with E-state index in [1.807, 2.05) is 0 Å². The second kappa shape index (κ2) is 12.4. The van der Waals surface area contributed by atoms with Crippen molar-refractivity contribution < 1.29 is 22.5 Å². The summed E-state index contributed by atoms with van der Waals surface area (Å²) in [5.41, 5.74) is 0. The van der Waals surface area contributed by atoms with Crippen LogP contribution >= 0.6 is 15.9 Å². The normalized spacial score (nSPS) is 13.6. The minimum absolute atomic E-state index is 0.268. The Kier molecular flexibility index (Phi) is 12.6. The number of rotatable bonds is 15. The Bertz CT molecular complexity index is 465. The van der Waals surface area contributed by atoms with Crippen LogP contribution in [-0.4, -0.2) is 55.3 Å². The van der Waals surface area contributed by atoms with Crippen LogP contribution in [0.3, 0.4) is 0 Å². The van der Waals surface area contributed by atoms with E-state index in [1.54, 1.807) is 13.8 Å². The van der Waals surface area contributed by atoms with Gasteiger partial charge in [-0.15, -0.1) is 0 Å². The number of halogens is 1. The molecule has 0 saturated heterocycles. The number of esters is 1. The van der Waals surface area contributed by atoms with E-state index in [2.05, 4.69) is 62.1 Å². The topological polar surface area (TPSA) is 54.0 Å². The van der Waals surface area contributed by atoms with Crippen LogP contribution in [0.4, 0.5) is 0 Å². The molecule has 0 rings (SSSR count). The Labute approximate surface area is 184 Å². The first-order chi connectivity index (χ1) is 12.6. The predicted octanol–water partition coefficient (Wildman–Crippen LogP) is 6.06. The van der Waals surface area contributed by atoms with Crippen molar-refractivity contribution in [1.29, 1.82) is 0 Å². The van der Waals surface area contributed by atoms with Gasteiger partial charge in [-0.05, 0) is 71.6 Å². The van der Waals surface area contributed by atoms with Crippen LogP contribution in [0, 0.1) is 0 Å². The molecule has 0 atom stereocenters. The molecule has 0 unspecified atom stereocenters. The van der Waals surface area contributed by atoms with Gasteiger partial charge in [-0.1, -0.05) is 35.7 Å². The van der Waals surface area contributed by atoms with Crippen molar-refractivity contribution in [2.45, 2.75) is 95.7 Å². The van der Waals surface area contributed by atoms with Gasteiger partial charge in [-0.25, -0.2) is 0 Å². The molecule has 0 aromatic heterocycles. The molecule has 5 nitrogen and oxygen atoms in total. The quantitative estimate of drug-likeness (QED) is 0.115. The first-order valence-electron chi connectivity index (χ1n) is 10.4. The van der Waals surface area contributed by atoms with Crippen molar-refractivity contribution >= 4 is 47.1 Å². The van der Waals surface area contributed by atoms with Gasteiger partial charge in [0.25, 0.3) is 0 Å². The summed E-state index contributed by atoms with van der Waals surface area (Å²) in [5, 5.41) is 0. The molecule has 0 aromatic carbocycles. The number of hydrogen-bond acceptors (Lipinski definition) is 5. The molecule has 0 aliphatic carbocycles. The first-order valence-corrected chi connectivity index (χ1v) is 20.3. The van der Waals surface area contributed by atoms with Crippen molar-refractivity contribution in [3.05, 3.63) is 0 Å². The number of carbonyl (C=O) groups is 1. The lowest BCUT2D eigenvalue weighted by molar-refractivity contribution is -0.146. The zero-order chi connectivity index (χ0) is 22.1. The summed E-state index contributed by atoms with van der Waals surface area (Å²) in [7, 11) is -5.55. The van der Waals surface area contributed by atoms with Gasteiger partial charge in [0, 0.05) is 6.61 Å². The Morgan fingerprint density at radius 3 is 1.82 bits per heavy atom. The molecule has 0 bridgehead atoms. The second-order valence-corrected chi connectivity index (χ2v) is 24.0. The Balaban J connectivity index is 4.14. The lowest BCUT2D eigenvalue weighted by atomic mass is 10.2. The fourth-order valence-electron chi connectivity index (χ4n) is 3.12. The molecule has 0 heterocycles. The fraction of sp³-hybridized carbons (Fsp3) is 0.947. The third-order valence-corrected chi connectivity index (χ3v) is 16.0. The monoisotopic (exact) mass is 514 g/mol. The Morgan fingerprint density at radius 2 is 1.36 bits per heavy atom. The van der Waals surface area contributed by atoms with Gasteiger partial charge in [0.05, 0.1) is 6.61 Å². The van der Waals surface area contributed by atoms with E-state index < -0.39 is 29.5 Å². The molecule has 0 spiro atoms. The number of unbranched alkanes of at least 4 members (excludes halogenated alkanes) is 1. The number of ether oxygens (including phenoxy) is 2. The molecule has 0 radical (unpaired) electrons. The van der Waals surface area contributed by atoms with Crippen LogP contribution in [0.2, 0.25) is 51.4 Å². The maximum Gasteiger partial charge on any atom is 0.322 e. The summed E-state index contributed by atoms with van der Waals surface area (Å²) in [4.78, 5) is 11.6. The third-order valence-electron chi connectivity index (χ3n) is 4.19. The number of carbonyl (C=O) groups excluding carboxylic acids is 1. The average molecular weight is 516 g/mol. The molecule has 0 aromatic rings.